The normalized spacial score (nSPS) is 11.9. The van der Waals surface area contributed by atoms with Gasteiger partial charge in [-0.25, -0.2) is 14.5 Å². The molecule has 0 radical (unpaired) electrons. The Hall–Kier alpha value is -3.09. The van der Waals surface area contributed by atoms with Crippen LogP contribution in [0.1, 0.15) is 24.1 Å². The maximum atomic E-state index is 11.9. The number of carbonyl (C=O) groups excluding carboxylic acids is 1. The Bertz CT molecular complexity index is 735. The van der Waals surface area contributed by atoms with Crippen molar-refractivity contribution in [3.63, 3.8) is 0 Å². The second-order valence-corrected chi connectivity index (χ2v) is 5.11. The highest BCUT2D eigenvalue weighted by Crippen LogP contribution is 2.15. The van der Waals surface area contributed by atoms with Crippen molar-refractivity contribution in [3.05, 3.63) is 66.6 Å². The second-order valence-electron chi connectivity index (χ2n) is 5.11. The van der Waals surface area contributed by atoms with E-state index in [9.17, 15) is 4.79 Å². The Morgan fingerprint density at radius 1 is 1.30 bits per heavy atom. The molecule has 1 aromatic carbocycles. The van der Waals surface area contributed by atoms with Gasteiger partial charge in [-0.2, -0.15) is 5.10 Å². The van der Waals surface area contributed by atoms with E-state index in [1.165, 1.54) is 6.33 Å². The van der Waals surface area contributed by atoms with Gasteiger partial charge in [0.1, 0.15) is 12.7 Å². The van der Waals surface area contributed by atoms with Crippen LogP contribution >= 0.6 is 0 Å². The van der Waals surface area contributed by atoms with Gasteiger partial charge in [0.2, 0.25) is 0 Å². The number of nitrogens with zero attached hydrogens (tertiary/aromatic N) is 3. The first-order valence-corrected chi connectivity index (χ1v) is 7.23. The summed E-state index contributed by atoms with van der Waals surface area (Å²) in [4.78, 5) is 15.8. The monoisotopic (exact) mass is 311 g/mol. The molecule has 0 saturated carbocycles. The number of aromatic nitrogens is 3. The zero-order valence-corrected chi connectivity index (χ0v) is 12.6. The molecule has 0 aliphatic rings. The van der Waals surface area contributed by atoms with Crippen LogP contribution in [0.25, 0.3) is 5.69 Å². The molecule has 2 amide bonds. The largest absolute Gasteiger partial charge is 0.472 e. The summed E-state index contributed by atoms with van der Waals surface area (Å²) in [6.45, 7) is 2.36. The maximum Gasteiger partial charge on any atom is 0.315 e. The highest BCUT2D eigenvalue weighted by molar-refractivity contribution is 5.74. The summed E-state index contributed by atoms with van der Waals surface area (Å²) in [6.07, 6.45) is 6.31. The molecule has 7 nitrogen and oxygen atoms in total. The smallest absolute Gasteiger partial charge is 0.315 e. The Morgan fingerprint density at radius 2 is 2.13 bits per heavy atom. The SMILES string of the molecule is CC(NC(=O)NCc1ccoc1)c1ccc(-n2cncn2)cc1. The lowest BCUT2D eigenvalue weighted by Crippen LogP contribution is -2.36. The second kappa shape index (κ2) is 6.78. The summed E-state index contributed by atoms with van der Waals surface area (Å²) < 4.78 is 6.64. The number of nitrogens with one attached hydrogen (secondary N) is 2. The number of amides is 2. The average molecular weight is 311 g/mol. The van der Waals surface area contributed by atoms with Crippen molar-refractivity contribution in [2.24, 2.45) is 0 Å². The third-order valence-electron chi connectivity index (χ3n) is 3.46. The van der Waals surface area contributed by atoms with Crippen LogP contribution in [0.5, 0.6) is 0 Å². The minimum absolute atomic E-state index is 0.107. The zero-order valence-electron chi connectivity index (χ0n) is 12.6. The average Bonchev–Trinajstić information content (AvgIpc) is 3.26. The number of hydrogen-bond acceptors (Lipinski definition) is 4. The molecular weight excluding hydrogens is 294 g/mol. The summed E-state index contributed by atoms with van der Waals surface area (Å²) in [5, 5.41) is 9.76. The molecule has 3 aromatic rings. The molecule has 0 spiro atoms. The molecule has 3 rings (SSSR count). The van der Waals surface area contributed by atoms with Crippen LogP contribution < -0.4 is 10.6 Å². The Labute approximate surface area is 133 Å². The van der Waals surface area contributed by atoms with Gasteiger partial charge in [-0.3, -0.25) is 0 Å². The number of carbonyl (C=O) groups is 1. The van der Waals surface area contributed by atoms with E-state index in [0.29, 0.717) is 6.54 Å². The molecule has 1 atom stereocenters. The molecular formula is C16H17N5O2. The van der Waals surface area contributed by atoms with Gasteiger partial charge in [0.15, 0.2) is 0 Å². The van der Waals surface area contributed by atoms with Crippen LogP contribution in [-0.4, -0.2) is 20.8 Å². The van der Waals surface area contributed by atoms with E-state index in [0.717, 1.165) is 16.8 Å². The van der Waals surface area contributed by atoms with Crippen LogP contribution in [0.3, 0.4) is 0 Å². The van der Waals surface area contributed by atoms with Crippen molar-refractivity contribution in [1.82, 2.24) is 25.4 Å². The fraction of sp³-hybridized carbons (Fsp3) is 0.188. The molecule has 2 N–H and O–H groups in total. The van der Waals surface area contributed by atoms with Crippen molar-refractivity contribution in [2.45, 2.75) is 19.5 Å². The van der Waals surface area contributed by atoms with Crippen molar-refractivity contribution in [2.75, 3.05) is 0 Å². The Kier molecular flexibility index (Phi) is 4.37. The van der Waals surface area contributed by atoms with Gasteiger partial charge in [-0.15, -0.1) is 0 Å². The fourth-order valence-electron chi connectivity index (χ4n) is 2.16. The fourth-order valence-corrected chi connectivity index (χ4v) is 2.16. The van der Waals surface area contributed by atoms with Crippen molar-refractivity contribution in [3.8, 4) is 5.69 Å². The molecule has 0 aliphatic heterocycles. The van der Waals surface area contributed by atoms with E-state index in [1.54, 1.807) is 23.5 Å². The lowest BCUT2D eigenvalue weighted by molar-refractivity contribution is 0.237. The summed E-state index contributed by atoms with van der Waals surface area (Å²) >= 11 is 0. The maximum absolute atomic E-state index is 11.9. The van der Waals surface area contributed by atoms with Crippen LogP contribution in [0.15, 0.2) is 59.9 Å². The highest BCUT2D eigenvalue weighted by Gasteiger charge is 2.09. The van der Waals surface area contributed by atoms with E-state index in [2.05, 4.69) is 20.7 Å². The van der Waals surface area contributed by atoms with E-state index < -0.39 is 0 Å². The molecule has 1 unspecified atom stereocenters. The van der Waals surface area contributed by atoms with E-state index in [1.807, 2.05) is 37.3 Å². The van der Waals surface area contributed by atoms with Gasteiger partial charge in [0, 0.05) is 12.1 Å². The first-order valence-electron chi connectivity index (χ1n) is 7.23. The summed E-state index contributed by atoms with van der Waals surface area (Å²) in [6, 6.07) is 9.27. The van der Waals surface area contributed by atoms with Crippen LogP contribution in [-0.2, 0) is 6.54 Å². The van der Waals surface area contributed by atoms with Gasteiger partial charge in [0.25, 0.3) is 0 Å². The van der Waals surface area contributed by atoms with Gasteiger partial charge < -0.3 is 15.1 Å². The topological polar surface area (TPSA) is 85.0 Å². The van der Waals surface area contributed by atoms with E-state index in [-0.39, 0.29) is 12.1 Å². The van der Waals surface area contributed by atoms with Gasteiger partial charge >= 0.3 is 6.03 Å². The summed E-state index contributed by atoms with van der Waals surface area (Å²) in [7, 11) is 0. The minimum atomic E-state index is -0.223. The molecule has 23 heavy (non-hydrogen) atoms. The van der Waals surface area contributed by atoms with E-state index in [4.69, 9.17) is 4.42 Å². The Balaban J connectivity index is 1.55. The van der Waals surface area contributed by atoms with Crippen LogP contribution in [0, 0.1) is 0 Å². The third-order valence-corrected chi connectivity index (χ3v) is 3.46. The molecule has 2 heterocycles. The molecule has 0 saturated heterocycles. The molecule has 118 valence electrons. The van der Waals surface area contributed by atoms with Crippen molar-refractivity contribution in [1.29, 1.82) is 0 Å². The summed E-state index contributed by atoms with van der Waals surface area (Å²) in [5.41, 5.74) is 2.85. The minimum Gasteiger partial charge on any atom is -0.472 e. The lowest BCUT2D eigenvalue weighted by Gasteiger charge is -2.15. The highest BCUT2D eigenvalue weighted by atomic mass is 16.3. The number of benzene rings is 1. The van der Waals surface area contributed by atoms with Crippen molar-refractivity contribution < 1.29 is 9.21 Å². The first kappa shape index (κ1) is 14.8. The molecule has 0 fully saturated rings. The predicted molar refractivity (Wildman–Crippen MR) is 83.9 cm³/mol. The number of furan rings is 1. The number of urea groups is 1. The van der Waals surface area contributed by atoms with Gasteiger partial charge in [-0.05, 0) is 30.7 Å². The Morgan fingerprint density at radius 3 is 2.78 bits per heavy atom. The zero-order chi connectivity index (χ0) is 16.1. The van der Waals surface area contributed by atoms with Crippen molar-refractivity contribution >= 4 is 6.03 Å². The summed E-state index contributed by atoms with van der Waals surface area (Å²) in [5.74, 6) is 0. The van der Waals surface area contributed by atoms with Gasteiger partial charge in [0.05, 0.1) is 24.3 Å². The molecule has 0 aliphatic carbocycles. The molecule has 0 bridgehead atoms. The van der Waals surface area contributed by atoms with Gasteiger partial charge in [-0.1, -0.05) is 12.1 Å². The number of hydrogen-bond donors (Lipinski definition) is 2. The number of rotatable bonds is 5. The van der Waals surface area contributed by atoms with Crippen LogP contribution in [0.2, 0.25) is 0 Å². The molecule has 7 heteroatoms. The molecule has 2 aromatic heterocycles. The lowest BCUT2D eigenvalue weighted by atomic mass is 10.1. The predicted octanol–water partition coefficient (Wildman–Crippen LogP) is 2.42. The van der Waals surface area contributed by atoms with Crippen LogP contribution in [0.4, 0.5) is 4.79 Å². The third kappa shape index (κ3) is 3.76. The van der Waals surface area contributed by atoms with E-state index >= 15 is 0 Å². The standard InChI is InChI=1S/C16H17N5O2/c1-12(20-16(22)18-8-13-6-7-23-9-13)14-2-4-15(5-3-14)21-11-17-10-19-21/h2-7,9-12H,8H2,1H3,(H2,18,20,22). The first-order chi connectivity index (χ1) is 11.2. The quantitative estimate of drug-likeness (QED) is 0.758.